The number of carboxylic acids is 1. The summed E-state index contributed by atoms with van der Waals surface area (Å²) in [6.45, 7) is 7.33. The van der Waals surface area contributed by atoms with E-state index >= 15 is 4.39 Å². The van der Waals surface area contributed by atoms with Crippen LogP contribution < -0.4 is 16.1 Å². The molecule has 3 aromatic rings. The summed E-state index contributed by atoms with van der Waals surface area (Å²) < 4.78 is 17.5. The molecule has 2 atom stereocenters. The maximum Gasteiger partial charge on any atom is 0.341 e. The Labute approximate surface area is 224 Å². The Kier molecular flexibility index (Phi) is 6.94. The Hall–Kier alpha value is -4.12. The van der Waals surface area contributed by atoms with E-state index in [-0.39, 0.29) is 40.8 Å². The van der Waals surface area contributed by atoms with Gasteiger partial charge in [0.05, 0.1) is 22.3 Å². The number of carboxylic acid groups (broad SMARTS) is 1. The maximum atomic E-state index is 15.7. The van der Waals surface area contributed by atoms with Crippen LogP contribution in [0.3, 0.4) is 0 Å². The molecule has 0 radical (unpaired) electrons. The SMILES string of the molecule is CC(CN1C(C)CN(c2cc3c(c(N)c2F)c(=O)c(C(=O)O)cn3C2CC2)CC1C)=NC(=O)c1ccncc1. The Morgan fingerprint density at radius 2 is 1.82 bits per heavy atom. The van der Waals surface area contributed by atoms with Gasteiger partial charge < -0.3 is 20.3 Å². The fraction of sp³-hybridized carbons (Fsp3) is 0.393. The van der Waals surface area contributed by atoms with Gasteiger partial charge in [-0.3, -0.25) is 19.5 Å². The molecule has 1 aromatic carbocycles. The summed E-state index contributed by atoms with van der Waals surface area (Å²) in [5.74, 6) is -2.41. The molecule has 1 aliphatic carbocycles. The predicted octanol–water partition coefficient (Wildman–Crippen LogP) is 3.35. The van der Waals surface area contributed by atoms with E-state index in [1.165, 1.54) is 6.20 Å². The Morgan fingerprint density at radius 1 is 1.18 bits per heavy atom. The lowest BCUT2D eigenvalue weighted by atomic mass is 10.0. The molecule has 2 fully saturated rings. The summed E-state index contributed by atoms with van der Waals surface area (Å²) in [4.78, 5) is 49.4. The minimum absolute atomic E-state index is 0.00809. The molecule has 1 saturated carbocycles. The Balaban J connectivity index is 1.43. The van der Waals surface area contributed by atoms with Crippen LogP contribution in [0.2, 0.25) is 0 Å². The second kappa shape index (κ2) is 10.2. The highest BCUT2D eigenvalue weighted by Gasteiger charge is 2.33. The molecule has 2 aromatic heterocycles. The standard InChI is InChI=1S/C28H31FN6O4/c1-15(32-27(37)18-6-8-31-9-7-18)11-34-16(2)12-33(13-17(34)3)22-10-21-23(25(30)24(22)29)26(36)20(28(38)39)14-35(21)19-4-5-19/h6-10,14,16-17,19H,4-5,11-13,30H2,1-3H3,(H,38,39). The maximum absolute atomic E-state index is 15.7. The molecular weight excluding hydrogens is 503 g/mol. The van der Waals surface area contributed by atoms with Gasteiger partial charge in [0.25, 0.3) is 5.91 Å². The van der Waals surface area contributed by atoms with Crippen LogP contribution in [0, 0.1) is 5.82 Å². The van der Waals surface area contributed by atoms with E-state index < -0.39 is 22.8 Å². The van der Waals surface area contributed by atoms with Gasteiger partial charge in [-0.25, -0.2) is 14.2 Å². The van der Waals surface area contributed by atoms with Crippen molar-refractivity contribution in [2.45, 2.75) is 51.7 Å². The van der Waals surface area contributed by atoms with E-state index in [9.17, 15) is 19.5 Å². The Bertz CT molecular complexity index is 1540. The summed E-state index contributed by atoms with van der Waals surface area (Å²) in [5.41, 5.74) is 6.53. The molecule has 0 spiro atoms. The molecule has 11 heteroatoms. The zero-order valence-corrected chi connectivity index (χ0v) is 22.1. The van der Waals surface area contributed by atoms with Gasteiger partial charge in [-0.15, -0.1) is 0 Å². The van der Waals surface area contributed by atoms with E-state index in [0.29, 0.717) is 36.4 Å². The number of halogens is 1. The molecule has 0 bridgehead atoms. The molecule has 204 valence electrons. The molecule has 1 saturated heterocycles. The van der Waals surface area contributed by atoms with Crippen LogP contribution in [0.5, 0.6) is 0 Å². The number of aliphatic imine (C=N–C) groups is 1. The van der Waals surface area contributed by atoms with Crippen molar-refractivity contribution < 1.29 is 19.1 Å². The molecule has 2 aliphatic rings. The minimum Gasteiger partial charge on any atom is -0.477 e. The summed E-state index contributed by atoms with van der Waals surface area (Å²) >= 11 is 0. The minimum atomic E-state index is -1.36. The summed E-state index contributed by atoms with van der Waals surface area (Å²) in [5, 5.41) is 9.44. The molecule has 1 aliphatic heterocycles. The molecule has 3 heterocycles. The first-order chi connectivity index (χ1) is 18.6. The third-order valence-electron chi connectivity index (χ3n) is 7.52. The zero-order chi connectivity index (χ0) is 28.0. The molecule has 39 heavy (non-hydrogen) atoms. The van der Waals surface area contributed by atoms with E-state index in [1.54, 1.807) is 35.2 Å². The summed E-state index contributed by atoms with van der Waals surface area (Å²) in [6, 6.07) is 4.91. The number of nitrogens with zero attached hydrogens (tertiary/aromatic N) is 5. The van der Waals surface area contributed by atoms with Crippen molar-refractivity contribution in [3.8, 4) is 0 Å². The van der Waals surface area contributed by atoms with E-state index in [0.717, 1.165) is 12.8 Å². The van der Waals surface area contributed by atoms with Crippen LogP contribution in [0.25, 0.3) is 10.9 Å². The van der Waals surface area contributed by atoms with Crippen molar-refractivity contribution in [1.82, 2.24) is 14.5 Å². The van der Waals surface area contributed by atoms with Gasteiger partial charge in [-0.2, -0.15) is 0 Å². The van der Waals surface area contributed by atoms with Crippen molar-refractivity contribution in [3.05, 3.63) is 64.0 Å². The third-order valence-corrected chi connectivity index (χ3v) is 7.52. The van der Waals surface area contributed by atoms with E-state index in [4.69, 9.17) is 5.73 Å². The van der Waals surface area contributed by atoms with Crippen molar-refractivity contribution in [2.75, 3.05) is 30.3 Å². The monoisotopic (exact) mass is 534 g/mol. The van der Waals surface area contributed by atoms with Crippen LogP contribution in [0.4, 0.5) is 15.8 Å². The van der Waals surface area contributed by atoms with E-state index in [2.05, 4.69) is 14.9 Å². The highest BCUT2D eigenvalue weighted by Crippen LogP contribution is 2.40. The molecule has 3 N–H and O–H groups in total. The number of amides is 1. The number of fused-ring (bicyclic) bond motifs is 1. The molecule has 2 unspecified atom stereocenters. The van der Waals surface area contributed by atoms with Crippen LogP contribution >= 0.6 is 0 Å². The number of anilines is 2. The second-order valence-corrected chi connectivity index (χ2v) is 10.5. The number of piperazine rings is 1. The lowest BCUT2D eigenvalue weighted by Crippen LogP contribution is -2.58. The van der Waals surface area contributed by atoms with Gasteiger partial charge in [0.1, 0.15) is 5.56 Å². The average molecular weight is 535 g/mol. The number of aromatic nitrogens is 2. The fourth-order valence-electron chi connectivity index (χ4n) is 5.43. The molecule has 1 amide bonds. The lowest BCUT2D eigenvalue weighted by Gasteiger charge is -2.45. The van der Waals surface area contributed by atoms with E-state index in [1.807, 2.05) is 25.7 Å². The number of carbonyl (C=O) groups excluding carboxylic acids is 1. The molecule has 10 nitrogen and oxygen atoms in total. The van der Waals surface area contributed by atoms with Crippen molar-refractivity contribution in [1.29, 1.82) is 0 Å². The zero-order valence-electron chi connectivity index (χ0n) is 22.1. The van der Waals surface area contributed by atoms with Crippen LogP contribution in [0.15, 0.2) is 46.6 Å². The largest absolute Gasteiger partial charge is 0.477 e. The first-order valence-electron chi connectivity index (χ1n) is 13.0. The first-order valence-corrected chi connectivity index (χ1v) is 13.0. The first kappa shape index (κ1) is 26.5. The van der Waals surface area contributed by atoms with Crippen LogP contribution in [-0.4, -0.2) is 68.9 Å². The third kappa shape index (κ3) is 5.01. The summed E-state index contributed by atoms with van der Waals surface area (Å²) in [7, 11) is 0. The highest BCUT2D eigenvalue weighted by atomic mass is 19.1. The van der Waals surface area contributed by atoms with Gasteiger partial charge >= 0.3 is 5.97 Å². The predicted molar refractivity (Wildman–Crippen MR) is 147 cm³/mol. The number of benzene rings is 1. The molecule has 5 rings (SSSR count). The van der Waals surface area contributed by atoms with Crippen molar-refractivity contribution in [3.63, 3.8) is 0 Å². The van der Waals surface area contributed by atoms with Gasteiger partial charge in [-0.1, -0.05) is 0 Å². The second-order valence-electron chi connectivity index (χ2n) is 10.5. The number of nitrogen functional groups attached to an aromatic ring is 1. The number of carbonyl (C=O) groups is 2. The van der Waals surface area contributed by atoms with Gasteiger partial charge in [0.15, 0.2) is 5.82 Å². The van der Waals surface area contributed by atoms with Gasteiger partial charge in [-0.05, 0) is 51.8 Å². The van der Waals surface area contributed by atoms with Crippen molar-refractivity contribution in [2.24, 2.45) is 4.99 Å². The fourth-order valence-corrected chi connectivity index (χ4v) is 5.43. The average Bonchev–Trinajstić information content (AvgIpc) is 3.74. The number of hydrogen-bond acceptors (Lipinski definition) is 7. The Morgan fingerprint density at radius 3 is 2.41 bits per heavy atom. The highest BCUT2D eigenvalue weighted by molar-refractivity contribution is 6.03. The smallest absolute Gasteiger partial charge is 0.341 e. The number of rotatable bonds is 6. The van der Waals surface area contributed by atoms with Crippen LogP contribution in [0.1, 0.15) is 60.4 Å². The normalized spacial score (nSPS) is 20.4. The lowest BCUT2D eigenvalue weighted by molar-refractivity contribution is 0.0694. The number of aromatic carboxylic acids is 1. The summed E-state index contributed by atoms with van der Waals surface area (Å²) in [6.07, 6.45) is 6.15. The topological polar surface area (TPSA) is 134 Å². The van der Waals surface area contributed by atoms with Gasteiger partial charge in [0.2, 0.25) is 5.43 Å². The number of nitrogens with two attached hydrogens (primary N) is 1. The number of hydrogen-bond donors (Lipinski definition) is 2. The van der Waals surface area contributed by atoms with Crippen LogP contribution in [-0.2, 0) is 0 Å². The number of pyridine rings is 2. The van der Waals surface area contributed by atoms with Gasteiger partial charge in [0, 0.05) is 67.6 Å². The van der Waals surface area contributed by atoms with Crippen molar-refractivity contribution >= 4 is 39.9 Å². The molecular formula is C28H31FN6O4. The quantitative estimate of drug-likeness (QED) is 0.363.